The zero-order chi connectivity index (χ0) is 15.0. The van der Waals surface area contributed by atoms with Crippen LogP contribution in [0.25, 0.3) is 0 Å². The summed E-state index contributed by atoms with van der Waals surface area (Å²) >= 11 is 0. The molecule has 1 rings (SSSR count). The first-order valence-corrected chi connectivity index (χ1v) is 6.31. The molecule has 0 radical (unpaired) electrons. The number of carbonyl (C=O) groups excluding carboxylic acids is 1. The monoisotopic (exact) mass is 279 g/mol. The minimum atomic E-state index is -0.380. The first-order valence-electron chi connectivity index (χ1n) is 6.31. The Bertz CT molecular complexity index is 500. The van der Waals surface area contributed by atoms with Crippen LogP contribution in [0, 0.1) is 17.1 Å². The summed E-state index contributed by atoms with van der Waals surface area (Å²) in [6.45, 7) is 1.93. The third-order valence-corrected chi connectivity index (χ3v) is 2.80. The van der Waals surface area contributed by atoms with E-state index in [0.29, 0.717) is 11.3 Å². The van der Waals surface area contributed by atoms with Gasteiger partial charge in [-0.25, -0.2) is 4.39 Å². The molecule has 0 bridgehead atoms. The molecule has 0 aliphatic rings. The van der Waals surface area contributed by atoms with Crippen molar-refractivity contribution in [3.8, 4) is 11.8 Å². The number of amides is 1. The first kappa shape index (κ1) is 15.9. The number of hydrogen-bond acceptors (Lipinski definition) is 4. The smallest absolute Gasteiger partial charge is 0.257 e. The number of nitrogens with zero attached hydrogens (tertiary/aromatic N) is 1. The molecule has 2 N–H and O–H groups in total. The van der Waals surface area contributed by atoms with Crippen LogP contribution in [0.15, 0.2) is 18.2 Å². The van der Waals surface area contributed by atoms with Crippen molar-refractivity contribution in [3.05, 3.63) is 29.6 Å². The summed E-state index contributed by atoms with van der Waals surface area (Å²) in [5, 5.41) is 13.8. The summed E-state index contributed by atoms with van der Waals surface area (Å²) in [7, 11) is 1.75. The zero-order valence-corrected chi connectivity index (χ0v) is 11.6. The normalized spacial score (nSPS) is 11.5. The Balaban J connectivity index is 2.51. The highest BCUT2D eigenvalue weighted by atomic mass is 19.1. The highest BCUT2D eigenvalue weighted by Crippen LogP contribution is 2.21. The van der Waals surface area contributed by atoms with Crippen molar-refractivity contribution < 1.29 is 13.9 Å². The number of halogens is 1. The second-order valence-electron chi connectivity index (χ2n) is 4.24. The summed E-state index contributed by atoms with van der Waals surface area (Å²) in [5.74, 6) is -0.424. The van der Waals surface area contributed by atoms with Crippen molar-refractivity contribution in [2.45, 2.75) is 19.4 Å². The molecule has 20 heavy (non-hydrogen) atoms. The van der Waals surface area contributed by atoms with Crippen molar-refractivity contribution in [2.24, 2.45) is 0 Å². The topological polar surface area (TPSA) is 74.2 Å². The number of benzene rings is 1. The largest absolute Gasteiger partial charge is 0.484 e. The Labute approximate surface area is 117 Å². The Hall–Kier alpha value is -2.13. The van der Waals surface area contributed by atoms with E-state index in [-0.39, 0.29) is 37.3 Å². The average Bonchev–Trinajstić information content (AvgIpc) is 2.44. The molecular weight excluding hydrogens is 261 g/mol. The lowest BCUT2D eigenvalue weighted by Gasteiger charge is -2.13. The van der Waals surface area contributed by atoms with Gasteiger partial charge in [0.15, 0.2) is 6.61 Å². The van der Waals surface area contributed by atoms with Crippen LogP contribution in [0.5, 0.6) is 5.75 Å². The molecule has 0 saturated heterocycles. The maximum atomic E-state index is 13.8. The van der Waals surface area contributed by atoms with Crippen molar-refractivity contribution >= 4 is 5.91 Å². The van der Waals surface area contributed by atoms with Gasteiger partial charge in [0, 0.05) is 24.2 Å². The molecule has 0 aliphatic carbocycles. The van der Waals surface area contributed by atoms with Gasteiger partial charge in [-0.2, -0.15) is 5.26 Å². The van der Waals surface area contributed by atoms with Gasteiger partial charge >= 0.3 is 0 Å². The fourth-order valence-corrected chi connectivity index (χ4v) is 1.56. The Morgan fingerprint density at radius 1 is 1.55 bits per heavy atom. The lowest BCUT2D eigenvalue weighted by atomic mass is 10.1. The second-order valence-corrected chi connectivity index (χ2v) is 4.24. The SMILES string of the molecule is CNC(C)c1ccc(OCC(=O)NCCC#N)cc1F. The van der Waals surface area contributed by atoms with Gasteiger partial charge in [-0.1, -0.05) is 6.07 Å². The Morgan fingerprint density at radius 2 is 2.30 bits per heavy atom. The van der Waals surface area contributed by atoms with Crippen LogP contribution in [-0.4, -0.2) is 26.1 Å². The first-order chi connectivity index (χ1) is 9.58. The molecule has 108 valence electrons. The molecule has 0 fully saturated rings. The van der Waals surface area contributed by atoms with Crippen molar-refractivity contribution in [1.29, 1.82) is 5.26 Å². The molecule has 1 amide bonds. The van der Waals surface area contributed by atoms with Gasteiger partial charge < -0.3 is 15.4 Å². The van der Waals surface area contributed by atoms with Gasteiger partial charge in [0.25, 0.3) is 5.91 Å². The number of carbonyl (C=O) groups is 1. The van der Waals surface area contributed by atoms with Crippen molar-refractivity contribution in [1.82, 2.24) is 10.6 Å². The fraction of sp³-hybridized carbons (Fsp3) is 0.429. The van der Waals surface area contributed by atoms with E-state index in [1.54, 1.807) is 19.2 Å². The van der Waals surface area contributed by atoms with Crippen LogP contribution in [0.1, 0.15) is 24.9 Å². The van der Waals surface area contributed by atoms with E-state index in [1.165, 1.54) is 6.07 Å². The molecule has 0 spiro atoms. The quantitative estimate of drug-likeness (QED) is 0.742. The summed E-state index contributed by atoms with van der Waals surface area (Å²) in [6, 6.07) is 6.32. The third kappa shape index (κ3) is 4.86. The van der Waals surface area contributed by atoms with Gasteiger partial charge in [0.05, 0.1) is 12.5 Å². The van der Waals surface area contributed by atoms with Crippen LogP contribution in [-0.2, 0) is 4.79 Å². The minimum Gasteiger partial charge on any atom is -0.484 e. The van der Waals surface area contributed by atoms with E-state index < -0.39 is 0 Å². The molecule has 1 atom stereocenters. The highest BCUT2D eigenvalue weighted by molar-refractivity contribution is 5.77. The van der Waals surface area contributed by atoms with E-state index in [0.717, 1.165) is 0 Å². The van der Waals surface area contributed by atoms with Crippen LogP contribution in [0.4, 0.5) is 4.39 Å². The number of nitrogens with one attached hydrogen (secondary N) is 2. The summed E-state index contributed by atoms with van der Waals surface area (Å²) in [5.41, 5.74) is 0.540. The van der Waals surface area contributed by atoms with E-state index in [4.69, 9.17) is 10.00 Å². The standard InChI is InChI=1S/C14H18FN3O2/c1-10(17-2)12-5-4-11(8-13(12)15)20-9-14(19)18-7-3-6-16/h4-5,8,10,17H,3,7,9H2,1-2H3,(H,18,19). The van der Waals surface area contributed by atoms with E-state index in [1.807, 2.05) is 13.0 Å². The number of nitriles is 1. The van der Waals surface area contributed by atoms with Gasteiger partial charge in [0.2, 0.25) is 0 Å². The maximum Gasteiger partial charge on any atom is 0.257 e. The van der Waals surface area contributed by atoms with Crippen LogP contribution in [0.2, 0.25) is 0 Å². The summed E-state index contributed by atoms with van der Waals surface area (Å²) < 4.78 is 19.0. The van der Waals surface area contributed by atoms with E-state index >= 15 is 0 Å². The van der Waals surface area contributed by atoms with Gasteiger partial charge in [0.1, 0.15) is 11.6 Å². The van der Waals surface area contributed by atoms with Crippen LogP contribution in [0.3, 0.4) is 0 Å². The number of hydrogen-bond donors (Lipinski definition) is 2. The molecule has 0 heterocycles. The zero-order valence-electron chi connectivity index (χ0n) is 11.6. The molecule has 0 aliphatic heterocycles. The molecule has 5 nitrogen and oxygen atoms in total. The lowest BCUT2D eigenvalue weighted by Crippen LogP contribution is -2.29. The predicted molar refractivity (Wildman–Crippen MR) is 72.6 cm³/mol. The van der Waals surface area contributed by atoms with E-state index in [2.05, 4.69) is 10.6 Å². The molecule has 1 aromatic carbocycles. The van der Waals surface area contributed by atoms with Crippen LogP contribution >= 0.6 is 0 Å². The molecule has 1 aromatic rings. The Kier molecular flexibility index (Phi) is 6.47. The van der Waals surface area contributed by atoms with Gasteiger partial charge in [-0.05, 0) is 20.0 Å². The number of ether oxygens (including phenoxy) is 1. The third-order valence-electron chi connectivity index (χ3n) is 2.80. The van der Waals surface area contributed by atoms with Crippen molar-refractivity contribution in [3.63, 3.8) is 0 Å². The predicted octanol–water partition coefficient (Wildman–Crippen LogP) is 1.51. The maximum absolute atomic E-state index is 13.8. The molecule has 1 unspecified atom stereocenters. The van der Waals surface area contributed by atoms with Gasteiger partial charge in [-0.3, -0.25) is 4.79 Å². The fourth-order valence-electron chi connectivity index (χ4n) is 1.56. The second kappa shape index (κ2) is 8.12. The van der Waals surface area contributed by atoms with Gasteiger partial charge in [-0.15, -0.1) is 0 Å². The van der Waals surface area contributed by atoms with E-state index in [9.17, 15) is 9.18 Å². The summed E-state index contributed by atoms with van der Waals surface area (Å²) in [6.07, 6.45) is 0.247. The summed E-state index contributed by atoms with van der Waals surface area (Å²) in [4.78, 5) is 11.3. The average molecular weight is 279 g/mol. The van der Waals surface area contributed by atoms with Crippen molar-refractivity contribution in [2.75, 3.05) is 20.2 Å². The molecule has 6 heteroatoms. The molecular formula is C14H18FN3O2. The number of rotatable bonds is 7. The molecule has 0 aromatic heterocycles. The van der Waals surface area contributed by atoms with Crippen LogP contribution < -0.4 is 15.4 Å². The molecule has 0 saturated carbocycles. The minimum absolute atomic E-state index is 0.0988. The highest BCUT2D eigenvalue weighted by Gasteiger charge is 2.10. The Morgan fingerprint density at radius 3 is 2.90 bits per heavy atom. The lowest BCUT2D eigenvalue weighted by molar-refractivity contribution is -0.123.